The summed E-state index contributed by atoms with van der Waals surface area (Å²) in [4.78, 5) is 16.8. The van der Waals surface area contributed by atoms with Gasteiger partial charge in [0.2, 0.25) is 0 Å². The summed E-state index contributed by atoms with van der Waals surface area (Å²) in [6.45, 7) is 0. The van der Waals surface area contributed by atoms with E-state index in [1.54, 1.807) is 24.4 Å². The van der Waals surface area contributed by atoms with Gasteiger partial charge in [0.05, 0.1) is 15.7 Å². The number of aromatic nitrogens is 1. The van der Waals surface area contributed by atoms with Crippen LogP contribution in [-0.2, 0) is 4.79 Å². The minimum Gasteiger partial charge on any atom is -0.505 e. The maximum Gasteiger partial charge on any atom is 0.256 e. The van der Waals surface area contributed by atoms with Crippen LogP contribution in [0.2, 0.25) is 10.0 Å². The van der Waals surface area contributed by atoms with Crippen molar-refractivity contribution < 1.29 is 9.90 Å². The molecule has 4 nitrogen and oxygen atoms in total. The summed E-state index contributed by atoms with van der Waals surface area (Å²) >= 11 is 11.9. The van der Waals surface area contributed by atoms with Crippen LogP contribution >= 0.6 is 23.2 Å². The van der Waals surface area contributed by atoms with E-state index in [4.69, 9.17) is 23.2 Å². The first kappa shape index (κ1) is 16.6. The van der Waals surface area contributed by atoms with Crippen LogP contribution in [0.25, 0.3) is 22.9 Å². The lowest BCUT2D eigenvalue weighted by atomic mass is 10.00. The van der Waals surface area contributed by atoms with Crippen molar-refractivity contribution in [3.63, 3.8) is 0 Å². The van der Waals surface area contributed by atoms with E-state index in [0.717, 1.165) is 22.5 Å². The van der Waals surface area contributed by atoms with Gasteiger partial charge in [-0.25, -0.2) is 0 Å². The molecule has 6 heteroatoms. The van der Waals surface area contributed by atoms with E-state index in [2.05, 4.69) is 10.3 Å². The van der Waals surface area contributed by atoms with Gasteiger partial charge in [-0.1, -0.05) is 35.3 Å². The first-order valence-corrected chi connectivity index (χ1v) is 8.55. The number of amides is 1. The van der Waals surface area contributed by atoms with Crippen molar-refractivity contribution in [2.75, 3.05) is 5.32 Å². The maximum absolute atomic E-state index is 12.4. The predicted octanol–water partition coefficient (Wildman–Crippen LogP) is 5.25. The van der Waals surface area contributed by atoms with Crippen molar-refractivity contribution in [3.8, 4) is 17.0 Å². The number of nitrogens with zero attached hydrogens (tertiary/aromatic N) is 1. The zero-order chi connectivity index (χ0) is 18.3. The first-order chi connectivity index (χ1) is 12.5. The highest BCUT2D eigenvalue weighted by Crippen LogP contribution is 2.38. The largest absolute Gasteiger partial charge is 0.505 e. The minimum atomic E-state index is -0.210. The number of phenols is 1. The first-order valence-electron chi connectivity index (χ1n) is 7.80. The molecule has 0 saturated heterocycles. The van der Waals surface area contributed by atoms with Gasteiger partial charge in [0, 0.05) is 28.6 Å². The number of aromatic hydroxyl groups is 1. The molecule has 0 atom stereocenters. The van der Waals surface area contributed by atoms with Gasteiger partial charge in [-0.05, 0) is 48.0 Å². The number of phenolic OH excluding ortho intramolecular Hbond substituents is 1. The molecule has 2 aromatic carbocycles. The minimum absolute atomic E-state index is 0.130. The molecule has 0 aliphatic carbocycles. The molecule has 0 saturated carbocycles. The Morgan fingerprint density at radius 1 is 1.04 bits per heavy atom. The van der Waals surface area contributed by atoms with Crippen LogP contribution in [0.1, 0.15) is 11.1 Å². The Kier molecular flexibility index (Phi) is 4.15. The number of halogens is 2. The Labute approximate surface area is 159 Å². The van der Waals surface area contributed by atoms with E-state index in [1.165, 1.54) is 0 Å². The summed E-state index contributed by atoms with van der Waals surface area (Å²) < 4.78 is 0. The molecule has 2 heterocycles. The third-order valence-electron chi connectivity index (χ3n) is 4.11. The van der Waals surface area contributed by atoms with Crippen molar-refractivity contribution in [3.05, 3.63) is 75.9 Å². The quantitative estimate of drug-likeness (QED) is 0.594. The molecular weight excluding hydrogens is 371 g/mol. The van der Waals surface area contributed by atoms with E-state index < -0.39 is 0 Å². The second kappa shape index (κ2) is 6.48. The molecule has 0 radical (unpaired) electrons. The number of anilines is 1. The highest BCUT2D eigenvalue weighted by Gasteiger charge is 2.24. The molecular formula is C20H12Cl2N2O2. The molecule has 26 heavy (non-hydrogen) atoms. The lowest BCUT2D eigenvalue weighted by Crippen LogP contribution is -2.03. The van der Waals surface area contributed by atoms with E-state index in [0.29, 0.717) is 11.1 Å². The topological polar surface area (TPSA) is 62.2 Å². The fourth-order valence-corrected chi connectivity index (χ4v) is 3.36. The second-order valence-corrected chi connectivity index (χ2v) is 6.64. The normalized spacial score (nSPS) is 14.4. The molecule has 0 bridgehead atoms. The smallest absolute Gasteiger partial charge is 0.256 e. The van der Waals surface area contributed by atoms with Gasteiger partial charge in [0.15, 0.2) is 5.75 Å². The number of benzene rings is 2. The van der Waals surface area contributed by atoms with E-state index in [1.807, 2.05) is 36.4 Å². The van der Waals surface area contributed by atoms with E-state index in [9.17, 15) is 9.90 Å². The maximum atomic E-state index is 12.4. The highest BCUT2D eigenvalue weighted by molar-refractivity contribution is 6.38. The van der Waals surface area contributed by atoms with Crippen LogP contribution in [-0.4, -0.2) is 16.0 Å². The molecule has 3 aromatic rings. The SMILES string of the molecule is O=C1Nc2ccc(-c3ccccn3)cc2/C1=C/c1cc(Cl)c(O)c(Cl)c1. The Balaban J connectivity index is 1.82. The lowest BCUT2D eigenvalue weighted by Gasteiger charge is -2.05. The number of hydrogen-bond donors (Lipinski definition) is 2. The summed E-state index contributed by atoms with van der Waals surface area (Å²) in [6.07, 6.45) is 3.42. The highest BCUT2D eigenvalue weighted by atomic mass is 35.5. The fraction of sp³-hybridized carbons (Fsp3) is 0. The molecule has 128 valence electrons. The fourth-order valence-electron chi connectivity index (χ4n) is 2.86. The van der Waals surface area contributed by atoms with Crippen molar-refractivity contribution in [1.29, 1.82) is 0 Å². The van der Waals surface area contributed by atoms with Gasteiger partial charge in [-0.3, -0.25) is 9.78 Å². The summed E-state index contributed by atoms with van der Waals surface area (Å²) in [6, 6.07) is 14.5. The number of nitrogens with one attached hydrogen (secondary N) is 1. The van der Waals surface area contributed by atoms with Crippen LogP contribution in [0.5, 0.6) is 5.75 Å². The summed E-state index contributed by atoms with van der Waals surface area (Å²) in [5.74, 6) is -0.386. The van der Waals surface area contributed by atoms with Crippen molar-refractivity contribution in [1.82, 2.24) is 4.98 Å². The molecule has 1 aliphatic rings. The number of hydrogen-bond acceptors (Lipinski definition) is 3. The van der Waals surface area contributed by atoms with Gasteiger partial charge in [-0.2, -0.15) is 0 Å². The van der Waals surface area contributed by atoms with E-state index in [-0.39, 0.29) is 21.7 Å². The van der Waals surface area contributed by atoms with Gasteiger partial charge < -0.3 is 10.4 Å². The predicted molar refractivity (Wildman–Crippen MR) is 104 cm³/mol. The Morgan fingerprint density at radius 3 is 2.50 bits per heavy atom. The van der Waals surface area contributed by atoms with Gasteiger partial charge in [0.1, 0.15) is 0 Å². The molecule has 4 rings (SSSR count). The van der Waals surface area contributed by atoms with Crippen molar-refractivity contribution >= 4 is 46.4 Å². The lowest BCUT2D eigenvalue weighted by molar-refractivity contribution is -0.110. The van der Waals surface area contributed by atoms with Crippen molar-refractivity contribution in [2.45, 2.75) is 0 Å². The Bertz CT molecular complexity index is 1040. The van der Waals surface area contributed by atoms with Gasteiger partial charge >= 0.3 is 0 Å². The third-order valence-corrected chi connectivity index (χ3v) is 4.69. The zero-order valence-corrected chi connectivity index (χ0v) is 14.8. The number of carbonyl (C=O) groups is 1. The van der Waals surface area contributed by atoms with Gasteiger partial charge in [0.25, 0.3) is 5.91 Å². The molecule has 0 unspecified atom stereocenters. The van der Waals surface area contributed by atoms with Crippen LogP contribution in [0.4, 0.5) is 5.69 Å². The third kappa shape index (κ3) is 2.94. The molecule has 0 fully saturated rings. The van der Waals surface area contributed by atoms with E-state index >= 15 is 0 Å². The molecule has 1 aliphatic heterocycles. The number of carbonyl (C=O) groups excluding carboxylic acids is 1. The second-order valence-electron chi connectivity index (χ2n) is 5.82. The molecule has 2 N–H and O–H groups in total. The average molecular weight is 383 g/mol. The van der Waals surface area contributed by atoms with Crippen molar-refractivity contribution in [2.24, 2.45) is 0 Å². The summed E-state index contributed by atoms with van der Waals surface area (Å²) in [5, 5.41) is 12.8. The van der Waals surface area contributed by atoms with Crippen LogP contribution in [0, 0.1) is 0 Å². The Hall–Kier alpha value is -2.82. The molecule has 0 spiro atoms. The zero-order valence-electron chi connectivity index (χ0n) is 13.3. The van der Waals surface area contributed by atoms with Crippen LogP contribution < -0.4 is 5.32 Å². The number of pyridine rings is 1. The number of rotatable bonds is 2. The van der Waals surface area contributed by atoms with Crippen LogP contribution in [0.3, 0.4) is 0 Å². The Morgan fingerprint density at radius 2 is 1.81 bits per heavy atom. The average Bonchev–Trinajstić information content (AvgIpc) is 2.95. The molecule has 1 amide bonds. The molecule has 1 aromatic heterocycles. The van der Waals surface area contributed by atoms with Crippen LogP contribution in [0.15, 0.2) is 54.7 Å². The summed E-state index contributed by atoms with van der Waals surface area (Å²) in [5.41, 5.74) is 4.36. The standard InChI is InChI=1S/C20H12Cl2N2O2/c21-15-8-11(9-16(22)19(15)25)7-14-13-10-12(17-3-1-2-6-23-17)4-5-18(13)24-20(14)26/h1-10,25H,(H,24,26)/b14-7-. The monoisotopic (exact) mass is 382 g/mol. The summed E-state index contributed by atoms with van der Waals surface area (Å²) in [7, 11) is 0. The van der Waals surface area contributed by atoms with Gasteiger partial charge in [-0.15, -0.1) is 0 Å². The number of fused-ring (bicyclic) bond motifs is 1.